The molecule has 0 fully saturated rings. The number of nitrogens with one attached hydrogen (secondary N) is 2. The van der Waals surface area contributed by atoms with Crippen molar-refractivity contribution in [2.24, 2.45) is 0 Å². The van der Waals surface area contributed by atoms with Crippen molar-refractivity contribution in [1.82, 2.24) is 10.6 Å². The Kier molecular flexibility index (Phi) is 7.60. The summed E-state index contributed by atoms with van der Waals surface area (Å²) in [6.07, 6.45) is 0.975. The van der Waals surface area contributed by atoms with Crippen LogP contribution in [-0.2, 0) is 19.7 Å². The Morgan fingerprint density at radius 2 is 1.49 bits per heavy atom. The fraction of sp³-hybridized carbons (Fsp3) is 0.276. The van der Waals surface area contributed by atoms with E-state index >= 15 is 0 Å². The second kappa shape index (κ2) is 11.0. The van der Waals surface area contributed by atoms with Gasteiger partial charge in [-0.25, -0.2) is 0 Å². The lowest BCUT2D eigenvalue weighted by Crippen LogP contribution is -2.45. The molecule has 3 aromatic rings. The number of carbonyl (C=O) groups excluding carboxylic acids is 3. The number of carbonyl (C=O) groups is 3. The molecule has 0 unspecified atom stereocenters. The van der Waals surface area contributed by atoms with Crippen molar-refractivity contribution in [3.8, 4) is 0 Å². The molecule has 2 atom stereocenters. The fourth-order valence-electron chi connectivity index (χ4n) is 4.90. The van der Waals surface area contributed by atoms with Crippen LogP contribution in [0.3, 0.4) is 0 Å². The molecule has 180 valence electrons. The van der Waals surface area contributed by atoms with E-state index in [1.165, 1.54) is 0 Å². The zero-order valence-corrected chi connectivity index (χ0v) is 19.8. The summed E-state index contributed by atoms with van der Waals surface area (Å²) < 4.78 is 5.55. The standard InChI is InChI=1S/C29H30N2O4/c1-2-35-28(34)29(22-13-7-4-8-14-22)18-17-24(23-15-9-10-16-25(23)29)27(33)31-20-19-30-26(32)21-11-5-3-6-12-21/h3-16,24H,2,17-20H2,1H3,(H,30,32)(H,31,33)/t24-,29+/m1/s1. The molecule has 0 heterocycles. The van der Waals surface area contributed by atoms with Gasteiger partial charge < -0.3 is 15.4 Å². The highest BCUT2D eigenvalue weighted by Gasteiger charge is 2.49. The fourth-order valence-corrected chi connectivity index (χ4v) is 4.90. The van der Waals surface area contributed by atoms with Crippen LogP contribution in [0.1, 0.15) is 52.7 Å². The van der Waals surface area contributed by atoms with Crippen LogP contribution in [0.4, 0.5) is 0 Å². The predicted octanol–water partition coefficient (Wildman–Crippen LogP) is 3.96. The van der Waals surface area contributed by atoms with Crippen LogP contribution in [-0.4, -0.2) is 37.5 Å². The van der Waals surface area contributed by atoms with Crippen molar-refractivity contribution in [2.45, 2.75) is 31.1 Å². The van der Waals surface area contributed by atoms with E-state index in [9.17, 15) is 14.4 Å². The summed E-state index contributed by atoms with van der Waals surface area (Å²) >= 11 is 0. The number of amides is 2. The Balaban J connectivity index is 1.51. The summed E-state index contributed by atoms with van der Waals surface area (Å²) in [4.78, 5) is 38.8. The quantitative estimate of drug-likeness (QED) is 0.386. The molecule has 0 bridgehead atoms. The third-order valence-corrected chi connectivity index (χ3v) is 6.56. The monoisotopic (exact) mass is 470 g/mol. The Labute approximate surface area is 205 Å². The minimum atomic E-state index is -0.950. The normalized spacial score (nSPS) is 18.7. The first-order valence-corrected chi connectivity index (χ1v) is 12.0. The number of benzene rings is 3. The van der Waals surface area contributed by atoms with Crippen molar-refractivity contribution < 1.29 is 19.1 Å². The maximum absolute atomic E-state index is 13.4. The molecule has 1 aliphatic carbocycles. The van der Waals surface area contributed by atoms with Gasteiger partial charge in [-0.05, 0) is 48.6 Å². The molecule has 35 heavy (non-hydrogen) atoms. The highest BCUT2D eigenvalue weighted by Crippen LogP contribution is 2.47. The molecule has 0 saturated carbocycles. The molecule has 3 aromatic carbocycles. The highest BCUT2D eigenvalue weighted by atomic mass is 16.5. The molecule has 0 spiro atoms. The number of rotatable bonds is 8. The second-order valence-corrected chi connectivity index (χ2v) is 8.58. The summed E-state index contributed by atoms with van der Waals surface area (Å²) in [6, 6.07) is 26.3. The molecular weight excluding hydrogens is 440 g/mol. The van der Waals surface area contributed by atoms with Gasteiger partial charge in [0.05, 0.1) is 12.5 Å². The van der Waals surface area contributed by atoms with Crippen molar-refractivity contribution in [3.63, 3.8) is 0 Å². The van der Waals surface area contributed by atoms with Gasteiger partial charge in [-0.2, -0.15) is 0 Å². The van der Waals surface area contributed by atoms with Crippen LogP contribution < -0.4 is 10.6 Å². The van der Waals surface area contributed by atoms with Crippen LogP contribution in [0, 0.1) is 0 Å². The van der Waals surface area contributed by atoms with E-state index in [1.807, 2.05) is 72.8 Å². The molecule has 2 amide bonds. The second-order valence-electron chi connectivity index (χ2n) is 8.58. The predicted molar refractivity (Wildman–Crippen MR) is 134 cm³/mol. The van der Waals surface area contributed by atoms with Gasteiger partial charge in [0.25, 0.3) is 5.91 Å². The van der Waals surface area contributed by atoms with Gasteiger partial charge in [-0.1, -0.05) is 72.8 Å². The van der Waals surface area contributed by atoms with Gasteiger partial charge in [-0.15, -0.1) is 0 Å². The summed E-state index contributed by atoms with van der Waals surface area (Å²) in [5.74, 6) is -0.967. The Morgan fingerprint density at radius 1 is 0.857 bits per heavy atom. The van der Waals surface area contributed by atoms with E-state index in [-0.39, 0.29) is 30.3 Å². The molecule has 1 aliphatic rings. The van der Waals surface area contributed by atoms with Gasteiger partial charge in [-0.3, -0.25) is 14.4 Å². The minimum absolute atomic E-state index is 0.114. The molecule has 0 aromatic heterocycles. The molecule has 0 saturated heterocycles. The first kappa shape index (κ1) is 24.2. The largest absolute Gasteiger partial charge is 0.465 e. The molecule has 0 aliphatic heterocycles. The first-order valence-electron chi connectivity index (χ1n) is 12.0. The van der Waals surface area contributed by atoms with Crippen LogP contribution in [0.25, 0.3) is 0 Å². The number of fused-ring (bicyclic) bond motifs is 1. The maximum atomic E-state index is 13.4. The molecular formula is C29H30N2O4. The zero-order valence-electron chi connectivity index (χ0n) is 19.8. The molecule has 4 rings (SSSR count). The zero-order chi connectivity index (χ0) is 24.7. The number of hydrogen-bond donors (Lipinski definition) is 2. The summed E-state index contributed by atoms with van der Waals surface area (Å²) in [7, 11) is 0. The van der Waals surface area contributed by atoms with E-state index in [4.69, 9.17) is 4.74 Å². The molecule has 2 N–H and O–H groups in total. The Bertz CT molecular complexity index is 1180. The maximum Gasteiger partial charge on any atom is 0.321 e. The van der Waals surface area contributed by atoms with Crippen molar-refractivity contribution in [1.29, 1.82) is 0 Å². The van der Waals surface area contributed by atoms with E-state index in [0.29, 0.717) is 31.5 Å². The van der Waals surface area contributed by atoms with Gasteiger partial charge in [0.1, 0.15) is 5.41 Å². The molecule has 6 nitrogen and oxygen atoms in total. The van der Waals surface area contributed by atoms with Crippen molar-refractivity contribution in [2.75, 3.05) is 19.7 Å². The van der Waals surface area contributed by atoms with E-state index in [2.05, 4.69) is 10.6 Å². The number of esters is 1. The third-order valence-electron chi connectivity index (χ3n) is 6.56. The van der Waals surface area contributed by atoms with Crippen LogP contribution in [0.5, 0.6) is 0 Å². The average molecular weight is 471 g/mol. The lowest BCUT2D eigenvalue weighted by molar-refractivity contribution is -0.149. The topological polar surface area (TPSA) is 84.5 Å². The minimum Gasteiger partial charge on any atom is -0.465 e. The number of ether oxygens (including phenoxy) is 1. The Hall–Kier alpha value is -3.93. The van der Waals surface area contributed by atoms with Gasteiger partial charge in [0.2, 0.25) is 5.91 Å². The van der Waals surface area contributed by atoms with E-state index in [1.54, 1.807) is 19.1 Å². The molecule has 0 radical (unpaired) electrons. The SMILES string of the molecule is CCOC(=O)[C@]1(c2ccccc2)CC[C@@H](C(=O)NCCNC(=O)c2ccccc2)c2ccccc21. The number of hydrogen-bond acceptors (Lipinski definition) is 4. The van der Waals surface area contributed by atoms with Crippen molar-refractivity contribution >= 4 is 17.8 Å². The van der Waals surface area contributed by atoms with Crippen LogP contribution >= 0.6 is 0 Å². The Morgan fingerprint density at radius 3 is 2.20 bits per heavy atom. The van der Waals surface area contributed by atoms with Crippen LogP contribution in [0.15, 0.2) is 84.9 Å². The van der Waals surface area contributed by atoms with E-state index < -0.39 is 5.41 Å². The third kappa shape index (κ3) is 4.97. The summed E-state index contributed by atoms with van der Waals surface area (Å²) in [6.45, 7) is 2.73. The van der Waals surface area contributed by atoms with Gasteiger partial charge in [0, 0.05) is 18.7 Å². The van der Waals surface area contributed by atoms with Crippen LogP contribution in [0.2, 0.25) is 0 Å². The summed E-state index contributed by atoms with van der Waals surface area (Å²) in [5, 5.41) is 5.78. The van der Waals surface area contributed by atoms with Gasteiger partial charge >= 0.3 is 5.97 Å². The first-order chi connectivity index (χ1) is 17.1. The van der Waals surface area contributed by atoms with Gasteiger partial charge in [0.15, 0.2) is 0 Å². The van der Waals surface area contributed by atoms with Crippen molar-refractivity contribution in [3.05, 3.63) is 107 Å². The smallest absolute Gasteiger partial charge is 0.321 e. The van der Waals surface area contributed by atoms with E-state index in [0.717, 1.165) is 16.7 Å². The lowest BCUT2D eigenvalue weighted by atomic mass is 9.63. The summed E-state index contributed by atoms with van der Waals surface area (Å²) in [5.41, 5.74) is 2.15. The molecule has 6 heteroatoms. The average Bonchev–Trinajstić information content (AvgIpc) is 2.91. The highest BCUT2D eigenvalue weighted by molar-refractivity contribution is 5.94. The lowest BCUT2D eigenvalue weighted by Gasteiger charge is -2.40.